The van der Waals surface area contributed by atoms with Crippen LogP contribution < -0.4 is 10.6 Å². The van der Waals surface area contributed by atoms with Gasteiger partial charge in [-0.3, -0.25) is 9.59 Å². The molecule has 0 saturated heterocycles. The molecule has 0 heterocycles. The summed E-state index contributed by atoms with van der Waals surface area (Å²) in [6.07, 6.45) is -0.776. The predicted molar refractivity (Wildman–Crippen MR) is 135 cm³/mol. The van der Waals surface area contributed by atoms with Crippen LogP contribution in [0.15, 0.2) is 36.4 Å². The molecule has 0 saturated carbocycles. The van der Waals surface area contributed by atoms with Gasteiger partial charge in [-0.05, 0) is 64.3 Å². The molecule has 3 amide bonds. The highest BCUT2D eigenvalue weighted by Gasteiger charge is 2.33. The molecule has 35 heavy (non-hydrogen) atoms. The smallest absolute Gasteiger partial charge is 0.408 e. The van der Waals surface area contributed by atoms with Crippen molar-refractivity contribution in [1.29, 1.82) is 5.26 Å². The second-order valence-corrected chi connectivity index (χ2v) is 9.63. The van der Waals surface area contributed by atoms with Crippen LogP contribution in [0.3, 0.4) is 0 Å². The van der Waals surface area contributed by atoms with Gasteiger partial charge in [-0.25, -0.2) is 4.79 Å². The number of nitrogens with one attached hydrogen (secondary N) is 2. The Labute approximate surface area is 211 Å². The molecule has 1 atom stereocenters. The van der Waals surface area contributed by atoms with Gasteiger partial charge < -0.3 is 20.3 Å². The van der Waals surface area contributed by atoms with E-state index < -0.39 is 36.1 Å². The standard InChI is InChI=1S/C26H31ClN4O4/c1-16-10-11-19(18(3)14-16)23(24(33)30-22-17(2)8-7-9-20(22)27)31(13-12-28)21(32)15-29-25(34)35-26(4,5)6/h7-11,14,23H,13,15H2,1-6H3,(H,29,34)(H,30,33). The van der Waals surface area contributed by atoms with E-state index in [9.17, 15) is 19.6 Å². The van der Waals surface area contributed by atoms with E-state index in [0.29, 0.717) is 16.3 Å². The third kappa shape index (κ3) is 7.72. The Morgan fingerprint density at radius 2 is 1.80 bits per heavy atom. The van der Waals surface area contributed by atoms with Gasteiger partial charge in [0.15, 0.2) is 0 Å². The number of rotatable bonds is 7. The van der Waals surface area contributed by atoms with Crippen molar-refractivity contribution in [2.75, 3.05) is 18.4 Å². The molecular formula is C26H31ClN4O4. The zero-order valence-electron chi connectivity index (χ0n) is 20.9. The maximum Gasteiger partial charge on any atom is 0.408 e. The molecule has 0 aromatic heterocycles. The van der Waals surface area contributed by atoms with Crippen molar-refractivity contribution >= 4 is 35.2 Å². The van der Waals surface area contributed by atoms with Crippen molar-refractivity contribution in [3.63, 3.8) is 0 Å². The van der Waals surface area contributed by atoms with Crippen LogP contribution in [0.1, 0.15) is 49.1 Å². The first-order valence-electron chi connectivity index (χ1n) is 11.1. The minimum atomic E-state index is -1.14. The molecule has 0 aliphatic heterocycles. The van der Waals surface area contributed by atoms with E-state index in [1.165, 1.54) is 0 Å². The number of benzene rings is 2. The molecule has 0 bridgehead atoms. The van der Waals surface area contributed by atoms with Crippen LogP contribution in [0, 0.1) is 32.1 Å². The Kier molecular flexibility index (Phi) is 9.26. The summed E-state index contributed by atoms with van der Waals surface area (Å²) in [4.78, 5) is 40.0. The van der Waals surface area contributed by atoms with E-state index in [1.807, 2.05) is 32.0 Å². The molecule has 2 rings (SSSR count). The topological polar surface area (TPSA) is 112 Å². The Morgan fingerprint density at radius 1 is 1.11 bits per heavy atom. The molecule has 0 aliphatic rings. The SMILES string of the molecule is Cc1ccc(C(C(=O)Nc2c(C)cccc2Cl)N(CC#N)C(=O)CNC(=O)OC(C)(C)C)c(C)c1. The summed E-state index contributed by atoms with van der Waals surface area (Å²) in [5, 5.41) is 15.0. The van der Waals surface area contributed by atoms with Crippen molar-refractivity contribution in [3.05, 3.63) is 63.7 Å². The molecule has 0 fully saturated rings. The first kappa shape index (κ1) is 27.7. The van der Waals surface area contributed by atoms with Gasteiger partial charge in [0.1, 0.15) is 24.7 Å². The lowest BCUT2D eigenvalue weighted by Crippen LogP contribution is -2.47. The average Bonchev–Trinajstić information content (AvgIpc) is 2.74. The summed E-state index contributed by atoms with van der Waals surface area (Å²) < 4.78 is 5.18. The minimum Gasteiger partial charge on any atom is -0.444 e. The predicted octanol–water partition coefficient (Wildman–Crippen LogP) is 4.82. The fourth-order valence-corrected chi connectivity index (χ4v) is 3.80. The first-order chi connectivity index (χ1) is 16.3. The van der Waals surface area contributed by atoms with Gasteiger partial charge >= 0.3 is 6.09 Å². The highest BCUT2D eigenvalue weighted by Crippen LogP contribution is 2.30. The van der Waals surface area contributed by atoms with Crippen LogP contribution >= 0.6 is 11.6 Å². The van der Waals surface area contributed by atoms with Crippen LogP contribution in [0.25, 0.3) is 0 Å². The molecule has 0 aliphatic carbocycles. The largest absolute Gasteiger partial charge is 0.444 e. The number of anilines is 1. The molecule has 2 aromatic rings. The maximum absolute atomic E-state index is 13.6. The number of amides is 3. The fraction of sp³-hybridized carbons (Fsp3) is 0.385. The van der Waals surface area contributed by atoms with Gasteiger partial charge in [0.05, 0.1) is 16.8 Å². The Hall–Kier alpha value is -3.57. The second kappa shape index (κ2) is 11.7. The Morgan fingerprint density at radius 3 is 2.37 bits per heavy atom. The minimum absolute atomic E-state index is 0.350. The van der Waals surface area contributed by atoms with E-state index in [2.05, 4.69) is 10.6 Å². The first-order valence-corrected chi connectivity index (χ1v) is 11.5. The number of aryl methyl sites for hydroxylation is 3. The highest BCUT2D eigenvalue weighted by atomic mass is 35.5. The monoisotopic (exact) mass is 498 g/mol. The maximum atomic E-state index is 13.6. The van der Waals surface area contributed by atoms with Crippen LogP contribution in [0.2, 0.25) is 5.02 Å². The van der Waals surface area contributed by atoms with Crippen molar-refractivity contribution in [2.24, 2.45) is 0 Å². The third-order valence-electron chi connectivity index (χ3n) is 5.09. The number of halogens is 1. The van der Waals surface area contributed by atoms with Crippen molar-refractivity contribution in [3.8, 4) is 6.07 Å². The highest BCUT2D eigenvalue weighted by molar-refractivity contribution is 6.34. The lowest BCUT2D eigenvalue weighted by atomic mass is 9.96. The quantitative estimate of drug-likeness (QED) is 0.531. The summed E-state index contributed by atoms with van der Waals surface area (Å²) in [5.74, 6) is -1.15. The lowest BCUT2D eigenvalue weighted by molar-refractivity contribution is -0.137. The van der Waals surface area contributed by atoms with Crippen molar-refractivity contribution < 1.29 is 19.1 Å². The Balaban J connectivity index is 2.43. The average molecular weight is 499 g/mol. The molecule has 0 spiro atoms. The third-order valence-corrected chi connectivity index (χ3v) is 5.41. The summed E-state index contributed by atoms with van der Waals surface area (Å²) >= 11 is 6.31. The van der Waals surface area contributed by atoms with Crippen molar-refractivity contribution in [1.82, 2.24) is 10.2 Å². The number of ether oxygens (including phenoxy) is 1. The number of nitrogens with zero attached hydrogens (tertiary/aromatic N) is 2. The molecule has 186 valence electrons. The number of hydrogen-bond acceptors (Lipinski definition) is 5. The van der Waals surface area contributed by atoms with Crippen molar-refractivity contribution in [2.45, 2.75) is 53.2 Å². The second-order valence-electron chi connectivity index (χ2n) is 9.22. The van der Waals surface area contributed by atoms with Gasteiger partial charge in [0.25, 0.3) is 5.91 Å². The summed E-state index contributed by atoms with van der Waals surface area (Å²) in [6.45, 7) is 9.84. The Bertz CT molecular complexity index is 1130. The van der Waals surface area contributed by atoms with E-state index in [4.69, 9.17) is 16.3 Å². The van der Waals surface area contributed by atoms with E-state index in [0.717, 1.165) is 21.6 Å². The molecule has 9 heteroatoms. The molecule has 8 nitrogen and oxygen atoms in total. The van der Waals surface area contributed by atoms with Crippen LogP contribution in [-0.4, -0.2) is 41.5 Å². The zero-order chi connectivity index (χ0) is 26.3. The molecule has 0 radical (unpaired) electrons. The summed E-state index contributed by atoms with van der Waals surface area (Å²) in [6, 6.07) is 11.5. The van der Waals surface area contributed by atoms with Gasteiger partial charge in [0.2, 0.25) is 5.91 Å². The van der Waals surface area contributed by atoms with Gasteiger partial charge in [0, 0.05) is 0 Å². The molecule has 1 unspecified atom stereocenters. The van der Waals surface area contributed by atoms with Gasteiger partial charge in [-0.15, -0.1) is 0 Å². The summed E-state index contributed by atoms with van der Waals surface area (Å²) in [5.41, 5.74) is 2.74. The molecule has 2 N–H and O–H groups in total. The molecule has 2 aromatic carbocycles. The lowest BCUT2D eigenvalue weighted by Gasteiger charge is -2.31. The number of hydrogen-bond donors (Lipinski definition) is 2. The fourth-order valence-electron chi connectivity index (χ4n) is 3.53. The number of para-hydroxylation sites is 1. The van der Waals surface area contributed by atoms with E-state index >= 15 is 0 Å². The van der Waals surface area contributed by atoms with E-state index in [-0.39, 0.29) is 6.54 Å². The molecular weight excluding hydrogens is 468 g/mol. The normalized spacial score (nSPS) is 11.7. The zero-order valence-corrected chi connectivity index (χ0v) is 21.6. The van der Waals surface area contributed by atoms with Gasteiger partial charge in [-0.2, -0.15) is 5.26 Å². The van der Waals surface area contributed by atoms with Crippen LogP contribution in [0.4, 0.5) is 10.5 Å². The number of alkyl carbamates (subject to hydrolysis) is 1. The number of carbonyl (C=O) groups excluding carboxylic acids is 3. The summed E-state index contributed by atoms with van der Waals surface area (Å²) in [7, 11) is 0. The number of carbonyl (C=O) groups is 3. The number of nitriles is 1. The van der Waals surface area contributed by atoms with Crippen LogP contribution in [-0.2, 0) is 14.3 Å². The van der Waals surface area contributed by atoms with Crippen LogP contribution in [0.5, 0.6) is 0 Å². The van der Waals surface area contributed by atoms with Gasteiger partial charge in [-0.1, -0.05) is 47.5 Å². The van der Waals surface area contributed by atoms with E-state index in [1.54, 1.807) is 52.0 Å².